The quantitative estimate of drug-likeness (QED) is 0.383. The van der Waals surface area contributed by atoms with Crippen molar-refractivity contribution in [3.63, 3.8) is 0 Å². The molecule has 216 valence electrons. The molecule has 9 heteroatoms. The highest BCUT2D eigenvalue weighted by Crippen LogP contribution is 2.46. The van der Waals surface area contributed by atoms with Crippen molar-refractivity contribution in [2.75, 3.05) is 30.0 Å². The molecule has 5 rings (SSSR count). The Balaban J connectivity index is 1.29. The number of amides is 2. The van der Waals surface area contributed by atoms with E-state index in [0.717, 1.165) is 36.9 Å². The first-order chi connectivity index (χ1) is 19.8. The van der Waals surface area contributed by atoms with Crippen LogP contribution in [0.25, 0.3) is 0 Å². The third-order valence-electron chi connectivity index (χ3n) is 8.42. The third-order valence-corrected chi connectivity index (χ3v) is 8.42. The van der Waals surface area contributed by atoms with E-state index in [0.29, 0.717) is 42.9 Å². The summed E-state index contributed by atoms with van der Waals surface area (Å²) in [5.41, 5.74) is 1.88. The number of fused-ring (bicyclic) bond motifs is 1. The second kappa shape index (κ2) is 12.4. The number of allylic oxidation sites excluding steroid dienone is 1. The van der Waals surface area contributed by atoms with Crippen LogP contribution in [0, 0.1) is 5.92 Å². The minimum Gasteiger partial charge on any atom is -0.395 e. The Morgan fingerprint density at radius 3 is 2.63 bits per heavy atom. The summed E-state index contributed by atoms with van der Waals surface area (Å²) < 4.78 is 1.74. The number of rotatable bonds is 9. The zero-order valence-electron chi connectivity index (χ0n) is 23.8. The van der Waals surface area contributed by atoms with Gasteiger partial charge in [0.25, 0.3) is 5.91 Å². The number of likely N-dealkylation sites (N-methyl/N-ethyl adjacent to an activating group) is 1. The lowest BCUT2D eigenvalue weighted by molar-refractivity contribution is -0.139. The van der Waals surface area contributed by atoms with E-state index in [4.69, 9.17) is 0 Å². The van der Waals surface area contributed by atoms with Gasteiger partial charge in [-0.2, -0.15) is 0 Å². The molecular formula is C32H39N5O4. The molecule has 0 spiro atoms. The highest BCUT2D eigenvalue weighted by Gasteiger charge is 2.51. The molecule has 1 aromatic heterocycles. The number of benzene rings is 2. The molecule has 9 nitrogen and oxygen atoms in total. The first-order valence-corrected chi connectivity index (χ1v) is 14.5. The van der Waals surface area contributed by atoms with Crippen molar-refractivity contribution in [3.05, 3.63) is 83.7 Å². The second-order valence-electron chi connectivity index (χ2n) is 11.1. The van der Waals surface area contributed by atoms with Crippen molar-refractivity contribution in [2.24, 2.45) is 5.92 Å². The van der Waals surface area contributed by atoms with Gasteiger partial charge in [0.1, 0.15) is 0 Å². The van der Waals surface area contributed by atoms with Gasteiger partial charge in [-0.15, -0.1) is 5.10 Å². The van der Waals surface area contributed by atoms with E-state index in [1.165, 1.54) is 4.90 Å². The Morgan fingerprint density at radius 1 is 1.07 bits per heavy atom. The summed E-state index contributed by atoms with van der Waals surface area (Å²) in [7, 11) is 1.67. The summed E-state index contributed by atoms with van der Waals surface area (Å²) in [5.74, 6) is -1.03. The van der Waals surface area contributed by atoms with Gasteiger partial charge in [0.15, 0.2) is 5.60 Å². The maximum absolute atomic E-state index is 13.4. The fraction of sp³-hybridized carbons (Fsp3) is 0.438. The molecule has 2 amide bonds. The molecule has 3 heterocycles. The van der Waals surface area contributed by atoms with Gasteiger partial charge in [0.05, 0.1) is 23.9 Å². The van der Waals surface area contributed by atoms with E-state index < -0.39 is 11.5 Å². The smallest absolute Gasteiger partial charge is 0.264 e. The van der Waals surface area contributed by atoms with E-state index in [2.05, 4.69) is 10.3 Å². The summed E-state index contributed by atoms with van der Waals surface area (Å²) >= 11 is 0. The minimum atomic E-state index is -1.73. The van der Waals surface area contributed by atoms with Crippen molar-refractivity contribution >= 4 is 23.2 Å². The lowest BCUT2D eigenvalue weighted by Crippen LogP contribution is -2.43. The average Bonchev–Trinajstić information content (AvgIpc) is 3.52. The van der Waals surface area contributed by atoms with Crippen LogP contribution in [-0.4, -0.2) is 57.2 Å². The molecule has 2 N–H and O–H groups in total. The highest BCUT2D eigenvalue weighted by molar-refractivity contribution is 6.07. The van der Waals surface area contributed by atoms with Crippen LogP contribution in [-0.2, 0) is 21.7 Å². The zero-order valence-corrected chi connectivity index (χ0v) is 23.8. The normalized spacial score (nSPS) is 21.2. The van der Waals surface area contributed by atoms with Crippen molar-refractivity contribution in [1.82, 2.24) is 15.0 Å². The Kier molecular flexibility index (Phi) is 8.65. The highest BCUT2D eigenvalue weighted by atomic mass is 16.3. The number of aliphatic hydroxyl groups excluding tert-OH is 1. The lowest BCUT2D eigenvalue weighted by atomic mass is 9.82. The first-order valence-electron chi connectivity index (χ1n) is 14.5. The largest absolute Gasteiger partial charge is 0.395 e. The maximum Gasteiger partial charge on any atom is 0.264 e. The fourth-order valence-corrected chi connectivity index (χ4v) is 5.93. The molecule has 0 bridgehead atoms. The van der Waals surface area contributed by atoms with E-state index in [1.54, 1.807) is 16.6 Å². The summed E-state index contributed by atoms with van der Waals surface area (Å²) in [6.07, 6.45) is 10.8. The molecule has 41 heavy (non-hydrogen) atoms. The zero-order chi connectivity index (χ0) is 29.0. The molecule has 3 atom stereocenters. The summed E-state index contributed by atoms with van der Waals surface area (Å²) in [6, 6.07) is 15.3. The third kappa shape index (κ3) is 5.69. The Morgan fingerprint density at radius 2 is 1.85 bits per heavy atom. The predicted molar refractivity (Wildman–Crippen MR) is 158 cm³/mol. The van der Waals surface area contributed by atoms with Gasteiger partial charge in [-0.1, -0.05) is 67.5 Å². The number of carbonyl (C=O) groups is 2. The summed E-state index contributed by atoms with van der Waals surface area (Å²) in [6.45, 7) is 2.98. The molecule has 2 aromatic carbocycles. The number of carbonyl (C=O) groups excluding carboxylic acids is 2. The molecule has 2 aliphatic rings. The van der Waals surface area contributed by atoms with Crippen LogP contribution in [0.1, 0.15) is 68.2 Å². The SMILES string of the molecule is C[C@@H](/C=C/CCn1cc(C(CO)c2ccccc2)nn1)[C@]1(O)C(=O)N(C)c2ccc(N3CCCCCCC3=O)cc21. The lowest BCUT2D eigenvalue weighted by Gasteiger charge is -2.29. The standard InChI is InChI=1S/C32H39N5O4/c1-23(12-9-11-18-36-21-28(33-34-36)26(22-38)24-13-6-5-7-14-24)32(41)27-20-25(16-17-29(27)35(2)31(32)40)37-19-10-4-3-8-15-30(37)39/h5-7,9,12-14,16-17,20-21,23,26,38,41H,3-4,8,10-11,15,18-19,22H2,1-2H3/b12-9+/t23-,26?,32+/m0/s1. The Bertz CT molecular complexity index is 1400. The van der Waals surface area contributed by atoms with E-state index in [9.17, 15) is 19.8 Å². The molecule has 1 unspecified atom stereocenters. The van der Waals surface area contributed by atoms with Crippen LogP contribution in [0.5, 0.6) is 0 Å². The van der Waals surface area contributed by atoms with Crippen molar-refractivity contribution in [3.8, 4) is 0 Å². The van der Waals surface area contributed by atoms with Gasteiger partial charge in [-0.3, -0.25) is 14.3 Å². The molecule has 3 aromatic rings. The predicted octanol–water partition coefficient (Wildman–Crippen LogP) is 4.15. The van der Waals surface area contributed by atoms with Gasteiger partial charge < -0.3 is 20.0 Å². The van der Waals surface area contributed by atoms with Crippen LogP contribution >= 0.6 is 0 Å². The van der Waals surface area contributed by atoms with Gasteiger partial charge in [0.2, 0.25) is 5.91 Å². The van der Waals surface area contributed by atoms with E-state index in [-0.39, 0.29) is 24.3 Å². The number of aliphatic hydroxyl groups is 2. The molecule has 0 aliphatic carbocycles. The molecular weight excluding hydrogens is 518 g/mol. The molecule has 2 aliphatic heterocycles. The second-order valence-corrected chi connectivity index (χ2v) is 11.1. The van der Waals surface area contributed by atoms with Crippen molar-refractivity contribution < 1.29 is 19.8 Å². The summed E-state index contributed by atoms with van der Waals surface area (Å²) in [5, 5.41) is 30.3. The first kappa shape index (κ1) is 28.7. The number of aryl methyl sites for hydroxylation is 1. The van der Waals surface area contributed by atoms with Crippen molar-refractivity contribution in [1.29, 1.82) is 0 Å². The van der Waals surface area contributed by atoms with Crippen LogP contribution in [0.2, 0.25) is 0 Å². The van der Waals surface area contributed by atoms with E-state index >= 15 is 0 Å². The number of hydrogen-bond donors (Lipinski definition) is 2. The molecule has 0 saturated carbocycles. The van der Waals surface area contributed by atoms with Gasteiger partial charge >= 0.3 is 0 Å². The summed E-state index contributed by atoms with van der Waals surface area (Å²) in [4.78, 5) is 29.5. The molecule has 1 saturated heterocycles. The Labute approximate surface area is 241 Å². The van der Waals surface area contributed by atoms with Crippen LogP contribution < -0.4 is 9.80 Å². The molecule has 0 radical (unpaired) electrons. The van der Waals surface area contributed by atoms with E-state index in [1.807, 2.05) is 73.8 Å². The minimum absolute atomic E-state index is 0.0592. The van der Waals surface area contributed by atoms with Gasteiger partial charge in [-0.05, 0) is 43.0 Å². The maximum atomic E-state index is 13.4. The van der Waals surface area contributed by atoms with Gasteiger partial charge in [-0.25, -0.2) is 0 Å². The number of hydrogen-bond acceptors (Lipinski definition) is 6. The number of anilines is 2. The monoisotopic (exact) mass is 557 g/mol. The van der Waals surface area contributed by atoms with Crippen LogP contribution in [0.15, 0.2) is 66.9 Å². The Hall–Kier alpha value is -3.82. The van der Waals surface area contributed by atoms with Crippen molar-refractivity contribution in [2.45, 2.75) is 63.5 Å². The fourth-order valence-electron chi connectivity index (χ4n) is 5.93. The number of nitrogens with zero attached hydrogens (tertiary/aromatic N) is 5. The average molecular weight is 558 g/mol. The number of aromatic nitrogens is 3. The van der Waals surface area contributed by atoms with Crippen LogP contribution in [0.3, 0.4) is 0 Å². The topological polar surface area (TPSA) is 112 Å². The molecule has 1 fully saturated rings. The van der Waals surface area contributed by atoms with Crippen LogP contribution in [0.4, 0.5) is 11.4 Å². The van der Waals surface area contributed by atoms with Gasteiger partial charge in [0, 0.05) is 49.9 Å².